The number of carbonyl (C=O) groups is 1. The third-order valence-electron chi connectivity index (χ3n) is 5.22. The van der Waals surface area contributed by atoms with Crippen LogP contribution in [0.15, 0.2) is 57.1 Å². The summed E-state index contributed by atoms with van der Waals surface area (Å²) in [6.45, 7) is 4.07. The zero-order valence-corrected chi connectivity index (χ0v) is 19.4. The van der Waals surface area contributed by atoms with Crippen LogP contribution in [0.5, 0.6) is 0 Å². The predicted octanol–water partition coefficient (Wildman–Crippen LogP) is 2.75. The van der Waals surface area contributed by atoms with Crippen molar-refractivity contribution in [2.45, 2.75) is 42.9 Å². The van der Waals surface area contributed by atoms with Gasteiger partial charge in [-0.1, -0.05) is 11.8 Å². The summed E-state index contributed by atoms with van der Waals surface area (Å²) >= 11 is 1.30. The Balaban J connectivity index is 1.42. The van der Waals surface area contributed by atoms with E-state index < -0.39 is 10.0 Å². The highest BCUT2D eigenvalue weighted by molar-refractivity contribution is 7.99. The maximum Gasteiger partial charge on any atom is 0.243 e. The molecule has 1 amide bonds. The standard InChI is InChI=1S/C21H25N5O4S2/c1-2-26-20(16-7-9-18(10-8-16)32(28,29)25-11-3-4-12-25)23-24-21(26)31-15-19(27)22-14-17-6-5-13-30-17/h5-10,13H,2-4,11-12,14-15H2,1H3,(H,22,27). The smallest absolute Gasteiger partial charge is 0.243 e. The summed E-state index contributed by atoms with van der Waals surface area (Å²) in [5.74, 6) is 1.40. The fourth-order valence-corrected chi connectivity index (χ4v) is 5.88. The Labute approximate surface area is 191 Å². The van der Waals surface area contributed by atoms with E-state index in [1.165, 1.54) is 16.1 Å². The van der Waals surface area contributed by atoms with Crippen molar-refractivity contribution in [2.24, 2.45) is 0 Å². The van der Waals surface area contributed by atoms with Crippen molar-refractivity contribution in [1.29, 1.82) is 0 Å². The monoisotopic (exact) mass is 475 g/mol. The average Bonchev–Trinajstić information content (AvgIpc) is 3.58. The fourth-order valence-electron chi connectivity index (χ4n) is 3.53. The van der Waals surface area contributed by atoms with E-state index in [2.05, 4.69) is 15.5 Å². The predicted molar refractivity (Wildman–Crippen MR) is 120 cm³/mol. The van der Waals surface area contributed by atoms with Gasteiger partial charge in [-0.05, 0) is 56.2 Å². The quantitative estimate of drug-likeness (QED) is 0.474. The normalized spacial score (nSPS) is 14.7. The van der Waals surface area contributed by atoms with Crippen molar-refractivity contribution < 1.29 is 17.6 Å². The van der Waals surface area contributed by atoms with Crippen LogP contribution in [0, 0.1) is 0 Å². The lowest BCUT2D eigenvalue weighted by Gasteiger charge is -2.15. The first-order valence-corrected chi connectivity index (χ1v) is 12.9. The number of aromatic nitrogens is 3. The van der Waals surface area contributed by atoms with E-state index in [-0.39, 0.29) is 16.6 Å². The second-order valence-corrected chi connectivity index (χ2v) is 10.2. The van der Waals surface area contributed by atoms with Gasteiger partial charge in [0, 0.05) is 25.2 Å². The van der Waals surface area contributed by atoms with Gasteiger partial charge < -0.3 is 14.3 Å². The molecule has 2 aromatic heterocycles. The van der Waals surface area contributed by atoms with Gasteiger partial charge >= 0.3 is 0 Å². The Bertz CT molecular complexity index is 1150. The van der Waals surface area contributed by atoms with E-state index in [9.17, 15) is 13.2 Å². The molecule has 1 saturated heterocycles. The molecule has 0 saturated carbocycles. The number of sulfonamides is 1. The van der Waals surface area contributed by atoms with Crippen LogP contribution in [0.4, 0.5) is 0 Å². The third-order valence-corrected chi connectivity index (χ3v) is 8.10. The van der Waals surface area contributed by atoms with Gasteiger partial charge in [0.25, 0.3) is 0 Å². The molecule has 1 aliphatic rings. The first-order valence-electron chi connectivity index (χ1n) is 10.4. The van der Waals surface area contributed by atoms with Crippen molar-refractivity contribution in [3.63, 3.8) is 0 Å². The lowest BCUT2D eigenvalue weighted by Crippen LogP contribution is -2.27. The molecule has 170 valence electrons. The van der Waals surface area contributed by atoms with E-state index in [1.54, 1.807) is 42.7 Å². The molecule has 4 rings (SSSR count). The van der Waals surface area contributed by atoms with E-state index in [0.717, 1.165) is 18.4 Å². The number of nitrogens with one attached hydrogen (secondary N) is 1. The van der Waals surface area contributed by atoms with E-state index >= 15 is 0 Å². The highest BCUT2D eigenvalue weighted by Gasteiger charge is 2.27. The van der Waals surface area contributed by atoms with E-state index in [1.807, 2.05) is 11.5 Å². The van der Waals surface area contributed by atoms with Crippen molar-refractivity contribution in [2.75, 3.05) is 18.8 Å². The van der Waals surface area contributed by atoms with Gasteiger partial charge in [0.05, 0.1) is 23.5 Å². The second-order valence-electron chi connectivity index (χ2n) is 7.33. The molecule has 9 nitrogen and oxygen atoms in total. The molecule has 0 spiro atoms. The maximum atomic E-state index is 12.7. The minimum Gasteiger partial charge on any atom is -0.467 e. The summed E-state index contributed by atoms with van der Waals surface area (Å²) in [5.41, 5.74) is 0.772. The Kier molecular flexibility index (Phi) is 6.97. The molecule has 1 aliphatic heterocycles. The van der Waals surface area contributed by atoms with Crippen LogP contribution < -0.4 is 5.32 Å². The fraction of sp³-hybridized carbons (Fsp3) is 0.381. The molecule has 0 unspecified atom stereocenters. The highest BCUT2D eigenvalue weighted by atomic mass is 32.2. The van der Waals surface area contributed by atoms with Gasteiger partial charge in [0.2, 0.25) is 15.9 Å². The number of amides is 1. The number of benzene rings is 1. The molecule has 11 heteroatoms. The number of furan rings is 1. The summed E-state index contributed by atoms with van der Waals surface area (Å²) < 4.78 is 34.1. The molecule has 1 fully saturated rings. The summed E-state index contributed by atoms with van der Waals surface area (Å²) in [5, 5.41) is 11.9. The van der Waals surface area contributed by atoms with Crippen LogP contribution in [0.2, 0.25) is 0 Å². The van der Waals surface area contributed by atoms with Gasteiger partial charge in [0.15, 0.2) is 11.0 Å². The second kappa shape index (κ2) is 9.88. The largest absolute Gasteiger partial charge is 0.467 e. The lowest BCUT2D eigenvalue weighted by molar-refractivity contribution is -0.118. The third kappa shape index (κ3) is 4.89. The Morgan fingerprint density at radius 1 is 1.16 bits per heavy atom. The molecule has 0 atom stereocenters. The van der Waals surface area contributed by atoms with Crippen LogP contribution in [0.1, 0.15) is 25.5 Å². The summed E-state index contributed by atoms with van der Waals surface area (Å²) in [6.07, 6.45) is 3.37. The zero-order valence-electron chi connectivity index (χ0n) is 17.7. The molecular weight excluding hydrogens is 450 g/mol. The molecule has 3 heterocycles. The molecule has 0 radical (unpaired) electrons. The van der Waals surface area contributed by atoms with Crippen LogP contribution in [-0.4, -0.2) is 52.2 Å². The Morgan fingerprint density at radius 3 is 2.56 bits per heavy atom. The van der Waals surface area contributed by atoms with Crippen molar-refractivity contribution >= 4 is 27.7 Å². The number of hydrogen-bond donors (Lipinski definition) is 1. The molecule has 3 aromatic rings. The first kappa shape index (κ1) is 22.6. The Morgan fingerprint density at radius 2 is 1.91 bits per heavy atom. The highest BCUT2D eigenvalue weighted by Crippen LogP contribution is 2.27. The molecular formula is C21H25N5O4S2. The minimum atomic E-state index is -3.45. The van der Waals surface area contributed by atoms with Gasteiger partial charge in [0.1, 0.15) is 5.76 Å². The molecule has 0 bridgehead atoms. The SMILES string of the molecule is CCn1c(SCC(=O)NCc2ccco2)nnc1-c1ccc(S(=O)(=O)N2CCCC2)cc1. The minimum absolute atomic E-state index is 0.130. The number of carbonyl (C=O) groups excluding carboxylic acids is 1. The molecule has 1 aromatic carbocycles. The van der Waals surface area contributed by atoms with Crippen LogP contribution >= 0.6 is 11.8 Å². The van der Waals surface area contributed by atoms with Crippen molar-refractivity contribution in [3.05, 3.63) is 48.4 Å². The average molecular weight is 476 g/mol. The molecule has 1 N–H and O–H groups in total. The molecule has 0 aliphatic carbocycles. The van der Waals surface area contributed by atoms with E-state index in [0.29, 0.717) is 42.9 Å². The number of thioether (sulfide) groups is 1. The van der Waals surface area contributed by atoms with Crippen LogP contribution in [0.25, 0.3) is 11.4 Å². The summed E-state index contributed by atoms with van der Waals surface area (Å²) in [6, 6.07) is 10.3. The summed E-state index contributed by atoms with van der Waals surface area (Å²) in [7, 11) is -3.45. The zero-order chi connectivity index (χ0) is 22.6. The van der Waals surface area contributed by atoms with Crippen molar-refractivity contribution in [3.8, 4) is 11.4 Å². The number of nitrogens with zero attached hydrogens (tertiary/aromatic N) is 4. The van der Waals surface area contributed by atoms with Crippen molar-refractivity contribution in [1.82, 2.24) is 24.4 Å². The first-order chi connectivity index (χ1) is 15.5. The van der Waals surface area contributed by atoms with Crippen LogP contribution in [-0.2, 0) is 27.9 Å². The van der Waals surface area contributed by atoms with E-state index in [4.69, 9.17) is 4.42 Å². The van der Waals surface area contributed by atoms with Gasteiger partial charge in [-0.3, -0.25) is 4.79 Å². The molecule has 32 heavy (non-hydrogen) atoms. The number of hydrogen-bond acceptors (Lipinski definition) is 7. The van der Waals surface area contributed by atoms with Crippen LogP contribution in [0.3, 0.4) is 0 Å². The van der Waals surface area contributed by atoms with Gasteiger partial charge in [-0.25, -0.2) is 8.42 Å². The van der Waals surface area contributed by atoms with Gasteiger partial charge in [-0.2, -0.15) is 4.31 Å². The topological polar surface area (TPSA) is 110 Å². The lowest BCUT2D eigenvalue weighted by atomic mass is 10.2. The maximum absolute atomic E-state index is 12.7. The Hall–Kier alpha value is -2.63. The number of rotatable bonds is 9. The van der Waals surface area contributed by atoms with Gasteiger partial charge in [-0.15, -0.1) is 10.2 Å². The summed E-state index contributed by atoms with van der Waals surface area (Å²) in [4.78, 5) is 12.4.